The summed E-state index contributed by atoms with van der Waals surface area (Å²) in [4.78, 5) is 10.1. The highest BCUT2D eigenvalue weighted by Gasteiger charge is 1.90. The Morgan fingerprint density at radius 1 is 1.27 bits per heavy atom. The van der Waals surface area contributed by atoms with Gasteiger partial charge in [0.1, 0.15) is 13.0 Å². The monoisotopic (exact) mass is 204 g/mol. The number of carbonyl (C=O) groups is 1. The molecule has 15 heavy (non-hydrogen) atoms. The van der Waals surface area contributed by atoms with Gasteiger partial charge in [0.15, 0.2) is 0 Å². The van der Waals surface area contributed by atoms with Gasteiger partial charge in [-0.25, -0.2) is 0 Å². The van der Waals surface area contributed by atoms with Gasteiger partial charge in [-0.05, 0) is 5.56 Å². The van der Waals surface area contributed by atoms with E-state index in [1.807, 2.05) is 30.3 Å². The zero-order valence-electron chi connectivity index (χ0n) is 8.27. The Bertz CT molecular complexity index is 359. The second-order valence-electron chi connectivity index (χ2n) is 2.90. The van der Waals surface area contributed by atoms with Gasteiger partial charge >= 0.3 is 5.97 Å². The maximum atomic E-state index is 10.1. The van der Waals surface area contributed by atoms with E-state index in [9.17, 15) is 4.79 Å². The third-order valence-electron chi connectivity index (χ3n) is 1.65. The summed E-state index contributed by atoms with van der Waals surface area (Å²) in [6.45, 7) is 0.769. The first-order chi connectivity index (χ1) is 7.29. The summed E-state index contributed by atoms with van der Waals surface area (Å²) < 4.78 is 5.23. The molecule has 3 heteroatoms. The number of hydrogen-bond acceptors (Lipinski definition) is 2. The lowest BCUT2D eigenvalue weighted by molar-refractivity contribution is -0.135. The van der Waals surface area contributed by atoms with Crippen LogP contribution in [-0.4, -0.2) is 17.7 Å². The van der Waals surface area contributed by atoms with Gasteiger partial charge in [-0.1, -0.05) is 42.2 Å². The second kappa shape index (κ2) is 6.63. The Morgan fingerprint density at radius 2 is 2.00 bits per heavy atom. The topological polar surface area (TPSA) is 46.5 Å². The Morgan fingerprint density at radius 3 is 2.67 bits per heavy atom. The van der Waals surface area contributed by atoms with Crippen LogP contribution < -0.4 is 0 Å². The van der Waals surface area contributed by atoms with Crippen LogP contribution in [-0.2, 0) is 16.1 Å². The van der Waals surface area contributed by atoms with Gasteiger partial charge in [0.2, 0.25) is 0 Å². The minimum Gasteiger partial charge on any atom is -0.481 e. The maximum Gasteiger partial charge on any atom is 0.315 e. The third-order valence-corrected chi connectivity index (χ3v) is 1.65. The Kier molecular flexibility index (Phi) is 4.99. The molecule has 0 saturated carbocycles. The van der Waals surface area contributed by atoms with E-state index in [2.05, 4.69) is 11.8 Å². The summed E-state index contributed by atoms with van der Waals surface area (Å²) >= 11 is 0. The van der Waals surface area contributed by atoms with Crippen LogP contribution in [0.5, 0.6) is 0 Å². The minimum absolute atomic E-state index is 0.130. The Hall–Kier alpha value is -1.79. The van der Waals surface area contributed by atoms with Gasteiger partial charge in [-0.3, -0.25) is 4.79 Å². The van der Waals surface area contributed by atoms with Crippen LogP contribution in [0.3, 0.4) is 0 Å². The lowest BCUT2D eigenvalue weighted by atomic mass is 10.2. The van der Waals surface area contributed by atoms with Crippen molar-refractivity contribution in [2.45, 2.75) is 13.0 Å². The highest BCUT2D eigenvalue weighted by molar-refractivity contribution is 5.69. The molecule has 1 rings (SSSR count). The summed E-state index contributed by atoms with van der Waals surface area (Å²) in [5, 5.41) is 8.30. The average molecular weight is 204 g/mol. The molecule has 0 fully saturated rings. The van der Waals surface area contributed by atoms with Crippen molar-refractivity contribution in [3.63, 3.8) is 0 Å². The summed E-state index contributed by atoms with van der Waals surface area (Å²) in [5.41, 5.74) is 1.08. The molecule has 0 bridgehead atoms. The number of hydrogen-bond donors (Lipinski definition) is 1. The second-order valence-corrected chi connectivity index (χ2v) is 2.90. The number of benzene rings is 1. The molecule has 0 aliphatic heterocycles. The minimum atomic E-state index is -0.912. The van der Waals surface area contributed by atoms with E-state index in [-0.39, 0.29) is 13.0 Å². The van der Waals surface area contributed by atoms with Crippen molar-refractivity contribution in [2.24, 2.45) is 0 Å². The first-order valence-electron chi connectivity index (χ1n) is 4.58. The molecule has 0 spiro atoms. The van der Waals surface area contributed by atoms with Crippen LogP contribution in [0, 0.1) is 11.8 Å². The largest absolute Gasteiger partial charge is 0.481 e. The SMILES string of the molecule is O=C(O)CC#CCOCc1ccccc1. The first kappa shape index (κ1) is 11.3. The standard InChI is InChI=1S/C12H12O3/c13-12(14)8-4-5-9-15-10-11-6-2-1-3-7-11/h1-3,6-7H,8-10H2,(H,13,14). The van der Waals surface area contributed by atoms with Crippen LogP contribution in [0.25, 0.3) is 0 Å². The lowest BCUT2D eigenvalue weighted by Gasteiger charge is -1.98. The van der Waals surface area contributed by atoms with E-state index in [0.717, 1.165) is 5.56 Å². The van der Waals surface area contributed by atoms with E-state index in [0.29, 0.717) is 6.61 Å². The van der Waals surface area contributed by atoms with E-state index < -0.39 is 5.97 Å². The molecule has 1 aromatic carbocycles. The summed E-state index contributed by atoms with van der Waals surface area (Å²) in [6.07, 6.45) is -0.130. The molecule has 0 saturated heterocycles. The van der Waals surface area contributed by atoms with Crippen molar-refractivity contribution in [3.05, 3.63) is 35.9 Å². The van der Waals surface area contributed by atoms with Gasteiger partial charge in [0.05, 0.1) is 6.61 Å². The van der Waals surface area contributed by atoms with Crippen molar-refractivity contribution in [3.8, 4) is 11.8 Å². The molecule has 1 N–H and O–H groups in total. The Labute approximate surface area is 88.7 Å². The van der Waals surface area contributed by atoms with Crippen molar-refractivity contribution in [2.75, 3.05) is 6.61 Å². The van der Waals surface area contributed by atoms with Crippen LogP contribution in [0.15, 0.2) is 30.3 Å². The van der Waals surface area contributed by atoms with Crippen LogP contribution >= 0.6 is 0 Å². The molecule has 0 unspecified atom stereocenters. The number of aliphatic carboxylic acids is 1. The van der Waals surface area contributed by atoms with Crippen molar-refractivity contribution < 1.29 is 14.6 Å². The number of carboxylic acids is 1. The van der Waals surface area contributed by atoms with Gasteiger partial charge < -0.3 is 9.84 Å². The molecular formula is C12H12O3. The van der Waals surface area contributed by atoms with Crippen LogP contribution in [0.4, 0.5) is 0 Å². The predicted octanol–water partition coefficient (Wildman–Crippen LogP) is 1.68. The third kappa shape index (κ3) is 5.50. The smallest absolute Gasteiger partial charge is 0.315 e. The fourth-order valence-electron chi connectivity index (χ4n) is 0.983. The molecule has 0 atom stereocenters. The molecule has 0 aliphatic rings. The number of carboxylic acid groups (broad SMARTS) is 1. The number of rotatable bonds is 4. The zero-order chi connectivity index (χ0) is 10.9. The lowest BCUT2D eigenvalue weighted by Crippen LogP contribution is -1.94. The van der Waals surface area contributed by atoms with Crippen molar-refractivity contribution >= 4 is 5.97 Å². The molecule has 0 amide bonds. The van der Waals surface area contributed by atoms with Crippen LogP contribution in [0.2, 0.25) is 0 Å². The maximum absolute atomic E-state index is 10.1. The Balaban J connectivity index is 2.16. The highest BCUT2D eigenvalue weighted by Crippen LogP contribution is 1.99. The van der Waals surface area contributed by atoms with Crippen molar-refractivity contribution in [1.82, 2.24) is 0 Å². The summed E-state index contributed by atoms with van der Waals surface area (Å²) in [7, 11) is 0. The van der Waals surface area contributed by atoms with E-state index in [4.69, 9.17) is 9.84 Å². The van der Waals surface area contributed by atoms with Crippen LogP contribution in [0.1, 0.15) is 12.0 Å². The van der Waals surface area contributed by atoms with Gasteiger partial charge in [-0.15, -0.1) is 0 Å². The molecule has 0 aliphatic carbocycles. The predicted molar refractivity (Wildman–Crippen MR) is 56.1 cm³/mol. The fraction of sp³-hybridized carbons (Fsp3) is 0.250. The summed E-state index contributed by atoms with van der Waals surface area (Å²) in [5.74, 6) is 4.22. The molecule has 0 heterocycles. The molecule has 78 valence electrons. The first-order valence-corrected chi connectivity index (χ1v) is 4.58. The summed E-state index contributed by atoms with van der Waals surface area (Å²) in [6, 6.07) is 9.75. The van der Waals surface area contributed by atoms with Gasteiger partial charge in [-0.2, -0.15) is 0 Å². The molecule has 0 radical (unpaired) electrons. The van der Waals surface area contributed by atoms with E-state index in [1.165, 1.54) is 0 Å². The van der Waals surface area contributed by atoms with Crippen molar-refractivity contribution in [1.29, 1.82) is 0 Å². The zero-order valence-corrected chi connectivity index (χ0v) is 8.27. The highest BCUT2D eigenvalue weighted by atomic mass is 16.5. The molecular weight excluding hydrogens is 192 g/mol. The van der Waals surface area contributed by atoms with Gasteiger partial charge in [0, 0.05) is 0 Å². The quantitative estimate of drug-likeness (QED) is 0.599. The molecule has 0 aromatic heterocycles. The molecule has 1 aromatic rings. The van der Waals surface area contributed by atoms with Gasteiger partial charge in [0.25, 0.3) is 0 Å². The fourth-order valence-corrected chi connectivity index (χ4v) is 0.983. The number of ether oxygens (including phenoxy) is 1. The van der Waals surface area contributed by atoms with E-state index in [1.54, 1.807) is 0 Å². The van der Waals surface area contributed by atoms with E-state index >= 15 is 0 Å². The average Bonchev–Trinajstić information content (AvgIpc) is 2.24. The molecule has 3 nitrogen and oxygen atoms in total. The normalized spacial score (nSPS) is 9.07.